The number of rotatable bonds is 7. The lowest BCUT2D eigenvalue weighted by molar-refractivity contribution is 0.104. The van der Waals surface area contributed by atoms with Gasteiger partial charge in [-0.25, -0.2) is 0 Å². The van der Waals surface area contributed by atoms with E-state index in [0.29, 0.717) is 24.6 Å². The Hall–Kier alpha value is -1.63. The standard InChI is InChI=1S/C14H25N5O2/c1-4-10-20-13-16-12(15-5-2)17-14(18-13)21-11-6-8-19(3)9-7-11/h11H,4-10H2,1-3H3,(H,15,16,17,18). The lowest BCUT2D eigenvalue weighted by Gasteiger charge is -2.28. The number of ether oxygens (including phenoxy) is 2. The van der Waals surface area contributed by atoms with Gasteiger partial charge in [-0.1, -0.05) is 6.92 Å². The van der Waals surface area contributed by atoms with Crippen LogP contribution in [0.5, 0.6) is 12.0 Å². The van der Waals surface area contributed by atoms with Crippen LogP contribution in [0.2, 0.25) is 0 Å². The van der Waals surface area contributed by atoms with Crippen LogP contribution < -0.4 is 14.8 Å². The fourth-order valence-corrected chi connectivity index (χ4v) is 2.14. The van der Waals surface area contributed by atoms with Crippen molar-refractivity contribution in [3.8, 4) is 12.0 Å². The zero-order chi connectivity index (χ0) is 15.1. The minimum absolute atomic E-state index is 0.164. The minimum atomic E-state index is 0.164. The number of likely N-dealkylation sites (tertiary alicyclic amines) is 1. The molecule has 0 aliphatic carbocycles. The highest BCUT2D eigenvalue weighted by Crippen LogP contribution is 2.18. The molecule has 0 aromatic carbocycles. The number of nitrogens with zero attached hydrogens (tertiary/aromatic N) is 4. The number of hydrogen-bond acceptors (Lipinski definition) is 7. The van der Waals surface area contributed by atoms with Crippen LogP contribution in [0.25, 0.3) is 0 Å². The molecule has 0 bridgehead atoms. The molecular weight excluding hydrogens is 270 g/mol. The molecule has 7 nitrogen and oxygen atoms in total. The van der Waals surface area contributed by atoms with E-state index in [2.05, 4.69) is 32.2 Å². The normalized spacial score (nSPS) is 16.7. The van der Waals surface area contributed by atoms with Crippen molar-refractivity contribution in [1.29, 1.82) is 0 Å². The third kappa shape index (κ3) is 5.00. The van der Waals surface area contributed by atoms with Crippen LogP contribution in [-0.4, -0.2) is 59.2 Å². The Balaban J connectivity index is 2.03. The molecule has 1 fully saturated rings. The number of aromatic nitrogens is 3. The zero-order valence-corrected chi connectivity index (χ0v) is 13.1. The van der Waals surface area contributed by atoms with E-state index in [-0.39, 0.29) is 6.10 Å². The van der Waals surface area contributed by atoms with Gasteiger partial charge < -0.3 is 19.7 Å². The van der Waals surface area contributed by atoms with Gasteiger partial charge >= 0.3 is 12.0 Å². The maximum atomic E-state index is 5.90. The van der Waals surface area contributed by atoms with Crippen molar-refractivity contribution in [2.24, 2.45) is 0 Å². The Bertz CT molecular complexity index is 435. The van der Waals surface area contributed by atoms with E-state index in [1.807, 2.05) is 13.8 Å². The maximum absolute atomic E-state index is 5.90. The third-order valence-electron chi connectivity index (χ3n) is 3.30. The van der Waals surface area contributed by atoms with E-state index >= 15 is 0 Å². The van der Waals surface area contributed by atoms with Gasteiger partial charge in [-0.05, 0) is 33.2 Å². The summed E-state index contributed by atoms with van der Waals surface area (Å²) in [6.45, 7) is 7.44. The summed E-state index contributed by atoms with van der Waals surface area (Å²) in [5.41, 5.74) is 0. The molecule has 1 saturated heterocycles. The molecular formula is C14H25N5O2. The first-order chi connectivity index (χ1) is 10.2. The second kappa shape index (κ2) is 7.97. The summed E-state index contributed by atoms with van der Waals surface area (Å²) in [5.74, 6) is 0.501. The van der Waals surface area contributed by atoms with Crippen molar-refractivity contribution in [3.63, 3.8) is 0 Å². The molecule has 2 heterocycles. The van der Waals surface area contributed by atoms with Gasteiger partial charge in [-0.3, -0.25) is 0 Å². The van der Waals surface area contributed by atoms with E-state index in [1.165, 1.54) is 0 Å². The van der Waals surface area contributed by atoms with Crippen molar-refractivity contribution in [3.05, 3.63) is 0 Å². The van der Waals surface area contributed by atoms with Crippen LogP contribution in [0, 0.1) is 0 Å². The van der Waals surface area contributed by atoms with Crippen molar-refractivity contribution in [2.75, 3.05) is 38.6 Å². The lowest BCUT2D eigenvalue weighted by atomic mass is 10.1. The summed E-state index contributed by atoms with van der Waals surface area (Å²) in [4.78, 5) is 15.1. The Labute approximate surface area is 126 Å². The SMILES string of the molecule is CCCOc1nc(NCC)nc(OC2CCN(C)CC2)n1. The molecule has 0 saturated carbocycles. The molecule has 1 aromatic heterocycles. The van der Waals surface area contributed by atoms with Gasteiger partial charge in [0, 0.05) is 19.6 Å². The molecule has 1 N–H and O–H groups in total. The minimum Gasteiger partial charge on any atom is -0.463 e. The fraction of sp³-hybridized carbons (Fsp3) is 0.786. The Morgan fingerprint density at radius 2 is 1.86 bits per heavy atom. The highest BCUT2D eigenvalue weighted by atomic mass is 16.5. The summed E-state index contributed by atoms with van der Waals surface area (Å²) < 4.78 is 11.4. The molecule has 0 radical (unpaired) electrons. The molecule has 0 atom stereocenters. The summed E-state index contributed by atoms with van der Waals surface area (Å²) in [6.07, 6.45) is 3.05. The van der Waals surface area contributed by atoms with E-state index in [0.717, 1.165) is 38.9 Å². The molecule has 1 aliphatic rings. The average molecular weight is 295 g/mol. The monoisotopic (exact) mass is 295 g/mol. The quantitative estimate of drug-likeness (QED) is 0.818. The van der Waals surface area contributed by atoms with Gasteiger partial charge in [0.2, 0.25) is 5.95 Å². The first kappa shape index (κ1) is 15.8. The summed E-state index contributed by atoms with van der Waals surface area (Å²) in [5, 5.41) is 3.08. The average Bonchev–Trinajstić information content (AvgIpc) is 2.48. The zero-order valence-electron chi connectivity index (χ0n) is 13.1. The second-order valence-corrected chi connectivity index (χ2v) is 5.22. The maximum Gasteiger partial charge on any atom is 0.324 e. The van der Waals surface area contributed by atoms with E-state index in [4.69, 9.17) is 9.47 Å². The summed E-state index contributed by atoms with van der Waals surface area (Å²) in [6, 6.07) is 0.673. The number of piperidine rings is 1. The fourth-order valence-electron chi connectivity index (χ4n) is 2.14. The number of anilines is 1. The molecule has 1 aromatic rings. The predicted octanol–water partition coefficient (Wildman–Crippen LogP) is 1.57. The molecule has 2 rings (SSSR count). The molecule has 1 aliphatic heterocycles. The molecule has 7 heteroatoms. The van der Waals surface area contributed by atoms with Crippen LogP contribution in [0.4, 0.5) is 5.95 Å². The van der Waals surface area contributed by atoms with Crippen molar-refractivity contribution < 1.29 is 9.47 Å². The Morgan fingerprint density at radius 1 is 1.14 bits per heavy atom. The van der Waals surface area contributed by atoms with E-state index in [9.17, 15) is 0 Å². The van der Waals surface area contributed by atoms with Gasteiger partial charge in [-0.15, -0.1) is 4.98 Å². The molecule has 0 amide bonds. The Morgan fingerprint density at radius 3 is 2.52 bits per heavy atom. The van der Waals surface area contributed by atoms with Crippen LogP contribution in [-0.2, 0) is 0 Å². The highest BCUT2D eigenvalue weighted by molar-refractivity contribution is 5.27. The third-order valence-corrected chi connectivity index (χ3v) is 3.30. The number of nitrogens with one attached hydrogen (secondary N) is 1. The summed E-state index contributed by atoms with van der Waals surface area (Å²) >= 11 is 0. The van der Waals surface area contributed by atoms with Crippen LogP contribution >= 0.6 is 0 Å². The van der Waals surface area contributed by atoms with E-state index < -0.39 is 0 Å². The first-order valence-electron chi connectivity index (χ1n) is 7.69. The van der Waals surface area contributed by atoms with Crippen LogP contribution in [0.1, 0.15) is 33.1 Å². The summed E-state index contributed by atoms with van der Waals surface area (Å²) in [7, 11) is 2.12. The molecule has 0 unspecified atom stereocenters. The van der Waals surface area contributed by atoms with Crippen molar-refractivity contribution in [1.82, 2.24) is 19.9 Å². The topological polar surface area (TPSA) is 72.4 Å². The van der Waals surface area contributed by atoms with Crippen molar-refractivity contribution in [2.45, 2.75) is 39.2 Å². The highest BCUT2D eigenvalue weighted by Gasteiger charge is 2.20. The van der Waals surface area contributed by atoms with E-state index in [1.54, 1.807) is 0 Å². The van der Waals surface area contributed by atoms with Crippen LogP contribution in [0.3, 0.4) is 0 Å². The first-order valence-corrected chi connectivity index (χ1v) is 7.69. The van der Waals surface area contributed by atoms with Crippen molar-refractivity contribution >= 4 is 5.95 Å². The number of hydrogen-bond donors (Lipinski definition) is 1. The largest absolute Gasteiger partial charge is 0.463 e. The van der Waals surface area contributed by atoms with Gasteiger partial charge in [0.15, 0.2) is 0 Å². The Kier molecular flexibility index (Phi) is 5.98. The lowest BCUT2D eigenvalue weighted by Crippen LogP contribution is -2.36. The smallest absolute Gasteiger partial charge is 0.324 e. The predicted molar refractivity (Wildman–Crippen MR) is 80.9 cm³/mol. The molecule has 0 spiro atoms. The molecule has 21 heavy (non-hydrogen) atoms. The van der Waals surface area contributed by atoms with Gasteiger partial charge in [-0.2, -0.15) is 9.97 Å². The van der Waals surface area contributed by atoms with Gasteiger partial charge in [0.05, 0.1) is 6.61 Å². The molecule has 118 valence electrons. The van der Waals surface area contributed by atoms with Gasteiger partial charge in [0.1, 0.15) is 6.10 Å². The van der Waals surface area contributed by atoms with Gasteiger partial charge in [0.25, 0.3) is 0 Å². The second-order valence-electron chi connectivity index (χ2n) is 5.22. The van der Waals surface area contributed by atoms with Crippen LogP contribution in [0.15, 0.2) is 0 Å².